The molecule has 0 aromatic heterocycles. The zero-order valence-electron chi connectivity index (χ0n) is 11.2. The Balaban J connectivity index is 2.31. The molecule has 1 aromatic rings. The third-order valence-electron chi connectivity index (χ3n) is 3.84. The van der Waals surface area contributed by atoms with E-state index in [4.69, 9.17) is 0 Å². The molecule has 1 saturated carbocycles. The molecule has 19 heavy (non-hydrogen) atoms. The average molecular weight is 332 g/mol. The van der Waals surface area contributed by atoms with Crippen LogP contribution in [0.3, 0.4) is 0 Å². The standard InChI is InChI=1S/C15H20BrF2N/c1-2-7-19-15(10-5-3-4-6-10)14-12(17)8-11(16)9-13(14)18/h8-10,15,19H,2-7H2,1H3. The molecule has 1 N–H and O–H groups in total. The Bertz CT molecular complexity index is 407. The van der Waals surface area contributed by atoms with Gasteiger partial charge in [0.1, 0.15) is 11.6 Å². The monoisotopic (exact) mass is 331 g/mol. The van der Waals surface area contributed by atoms with E-state index in [0.29, 0.717) is 10.4 Å². The summed E-state index contributed by atoms with van der Waals surface area (Å²) in [4.78, 5) is 0. The summed E-state index contributed by atoms with van der Waals surface area (Å²) < 4.78 is 28.7. The predicted molar refractivity (Wildman–Crippen MR) is 77.1 cm³/mol. The van der Waals surface area contributed by atoms with Crippen molar-refractivity contribution in [3.05, 3.63) is 33.8 Å². The third-order valence-corrected chi connectivity index (χ3v) is 4.30. The summed E-state index contributed by atoms with van der Waals surface area (Å²) in [5, 5.41) is 3.33. The van der Waals surface area contributed by atoms with E-state index in [9.17, 15) is 8.78 Å². The van der Waals surface area contributed by atoms with E-state index in [0.717, 1.165) is 38.6 Å². The maximum atomic E-state index is 14.1. The van der Waals surface area contributed by atoms with Gasteiger partial charge in [0.15, 0.2) is 0 Å². The van der Waals surface area contributed by atoms with Gasteiger partial charge < -0.3 is 5.32 Å². The first-order valence-corrected chi connectivity index (χ1v) is 7.80. The quantitative estimate of drug-likeness (QED) is 0.804. The van der Waals surface area contributed by atoms with Gasteiger partial charge in [-0.05, 0) is 43.9 Å². The fourth-order valence-electron chi connectivity index (χ4n) is 2.95. The van der Waals surface area contributed by atoms with Crippen molar-refractivity contribution in [3.63, 3.8) is 0 Å². The first kappa shape index (κ1) is 14.9. The molecule has 1 aliphatic carbocycles. The van der Waals surface area contributed by atoms with E-state index in [1.54, 1.807) is 0 Å². The molecule has 0 radical (unpaired) electrons. The minimum Gasteiger partial charge on any atom is -0.310 e. The van der Waals surface area contributed by atoms with Gasteiger partial charge in [0.05, 0.1) is 0 Å². The van der Waals surface area contributed by atoms with Gasteiger partial charge in [-0.15, -0.1) is 0 Å². The van der Waals surface area contributed by atoms with Crippen molar-refractivity contribution in [2.75, 3.05) is 6.54 Å². The highest BCUT2D eigenvalue weighted by Gasteiger charge is 2.30. The second kappa shape index (κ2) is 6.80. The van der Waals surface area contributed by atoms with Crippen LogP contribution in [0.1, 0.15) is 50.6 Å². The van der Waals surface area contributed by atoms with Crippen molar-refractivity contribution in [1.82, 2.24) is 5.32 Å². The Morgan fingerprint density at radius 3 is 2.37 bits per heavy atom. The molecule has 1 aliphatic rings. The topological polar surface area (TPSA) is 12.0 Å². The van der Waals surface area contributed by atoms with E-state index in [1.807, 2.05) is 0 Å². The van der Waals surface area contributed by atoms with E-state index in [2.05, 4.69) is 28.2 Å². The van der Waals surface area contributed by atoms with E-state index in [1.165, 1.54) is 12.1 Å². The lowest BCUT2D eigenvalue weighted by molar-refractivity contribution is 0.345. The molecule has 106 valence electrons. The number of hydrogen-bond donors (Lipinski definition) is 1. The summed E-state index contributed by atoms with van der Waals surface area (Å²) >= 11 is 3.13. The number of halogens is 3. The Kier molecular flexibility index (Phi) is 5.34. The molecule has 0 aliphatic heterocycles. The fraction of sp³-hybridized carbons (Fsp3) is 0.600. The summed E-state index contributed by atoms with van der Waals surface area (Å²) in [6, 6.07) is 2.51. The maximum Gasteiger partial charge on any atom is 0.132 e. The van der Waals surface area contributed by atoms with Gasteiger partial charge in [0.2, 0.25) is 0 Å². The molecule has 0 saturated heterocycles. The van der Waals surface area contributed by atoms with Crippen LogP contribution in [0.5, 0.6) is 0 Å². The number of benzene rings is 1. The predicted octanol–water partition coefficient (Wildman–Crippen LogP) is 4.96. The van der Waals surface area contributed by atoms with E-state index < -0.39 is 11.6 Å². The van der Waals surface area contributed by atoms with Gasteiger partial charge in [-0.3, -0.25) is 0 Å². The van der Waals surface area contributed by atoms with Crippen LogP contribution in [0.15, 0.2) is 16.6 Å². The number of rotatable bonds is 5. The molecule has 0 heterocycles. The van der Waals surface area contributed by atoms with E-state index in [-0.39, 0.29) is 11.6 Å². The van der Waals surface area contributed by atoms with Crippen molar-refractivity contribution in [2.45, 2.75) is 45.1 Å². The largest absolute Gasteiger partial charge is 0.310 e. The van der Waals surface area contributed by atoms with Gasteiger partial charge in [-0.1, -0.05) is 35.7 Å². The highest BCUT2D eigenvalue weighted by molar-refractivity contribution is 9.10. The molecule has 2 rings (SSSR count). The molecule has 1 nitrogen and oxygen atoms in total. The Morgan fingerprint density at radius 1 is 1.26 bits per heavy atom. The molecule has 1 atom stereocenters. The Hall–Kier alpha value is -0.480. The summed E-state index contributed by atoms with van der Waals surface area (Å²) in [5.74, 6) is -0.559. The van der Waals surface area contributed by atoms with Crippen molar-refractivity contribution in [1.29, 1.82) is 0 Å². The smallest absolute Gasteiger partial charge is 0.132 e. The summed E-state index contributed by atoms with van der Waals surface area (Å²) in [6.07, 6.45) is 5.39. The summed E-state index contributed by atoms with van der Waals surface area (Å²) in [6.45, 7) is 2.85. The normalized spacial score (nSPS) is 17.9. The molecule has 4 heteroatoms. The van der Waals surface area contributed by atoms with Crippen molar-refractivity contribution < 1.29 is 8.78 Å². The maximum absolute atomic E-state index is 14.1. The van der Waals surface area contributed by atoms with Crippen molar-refractivity contribution in [2.24, 2.45) is 5.92 Å². The van der Waals surface area contributed by atoms with Crippen LogP contribution >= 0.6 is 15.9 Å². The molecule has 1 aromatic carbocycles. The molecule has 0 bridgehead atoms. The third kappa shape index (κ3) is 3.54. The van der Waals surface area contributed by atoms with Crippen LogP contribution in [0.25, 0.3) is 0 Å². The first-order valence-electron chi connectivity index (χ1n) is 7.01. The Morgan fingerprint density at radius 2 is 1.84 bits per heavy atom. The number of nitrogens with one attached hydrogen (secondary N) is 1. The Labute approximate surface area is 121 Å². The van der Waals surface area contributed by atoms with Gasteiger partial charge in [-0.2, -0.15) is 0 Å². The molecular formula is C15H20BrF2N. The van der Waals surface area contributed by atoms with Crippen molar-refractivity contribution in [3.8, 4) is 0 Å². The van der Waals surface area contributed by atoms with Gasteiger partial charge in [0, 0.05) is 16.1 Å². The second-order valence-corrected chi connectivity index (χ2v) is 6.18. The van der Waals surface area contributed by atoms with Crippen molar-refractivity contribution >= 4 is 15.9 Å². The van der Waals surface area contributed by atoms with Gasteiger partial charge in [0.25, 0.3) is 0 Å². The van der Waals surface area contributed by atoms with Crippen LogP contribution in [0.2, 0.25) is 0 Å². The lowest BCUT2D eigenvalue weighted by Crippen LogP contribution is -2.29. The molecular weight excluding hydrogens is 312 g/mol. The van der Waals surface area contributed by atoms with Crippen LogP contribution in [-0.2, 0) is 0 Å². The van der Waals surface area contributed by atoms with Crippen LogP contribution < -0.4 is 5.32 Å². The zero-order chi connectivity index (χ0) is 13.8. The van der Waals surface area contributed by atoms with Gasteiger partial charge >= 0.3 is 0 Å². The average Bonchev–Trinajstić information content (AvgIpc) is 2.85. The molecule has 1 unspecified atom stereocenters. The minimum atomic E-state index is -0.452. The minimum absolute atomic E-state index is 0.199. The lowest BCUT2D eigenvalue weighted by Gasteiger charge is -2.26. The molecule has 0 spiro atoms. The van der Waals surface area contributed by atoms with Gasteiger partial charge in [-0.25, -0.2) is 8.78 Å². The SMILES string of the molecule is CCCNC(c1c(F)cc(Br)cc1F)C1CCCC1. The van der Waals surface area contributed by atoms with E-state index >= 15 is 0 Å². The number of hydrogen-bond acceptors (Lipinski definition) is 1. The van der Waals surface area contributed by atoms with Crippen LogP contribution in [-0.4, -0.2) is 6.54 Å². The molecule has 0 amide bonds. The van der Waals surface area contributed by atoms with Crippen LogP contribution in [0, 0.1) is 17.6 Å². The van der Waals surface area contributed by atoms with Crippen LogP contribution in [0.4, 0.5) is 8.78 Å². The second-order valence-electron chi connectivity index (χ2n) is 5.26. The zero-order valence-corrected chi connectivity index (χ0v) is 12.8. The molecule has 1 fully saturated rings. The summed E-state index contributed by atoms with van der Waals surface area (Å²) in [7, 11) is 0. The highest BCUT2D eigenvalue weighted by atomic mass is 79.9. The highest BCUT2D eigenvalue weighted by Crippen LogP contribution is 2.38. The lowest BCUT2D eigenvalue weighted by atomic mass is 9.90. The summed E-state index contributed by atoms with van der Waals surface area (Å²) in [5.41, 5.74) is 0.212. The first-order chi connectivity index (χ1) is 9.13. The fourth-order valence-corrected chi connectivity index (χ4v) is 3.35.